The molecule has 0 bridgehead atoms. The van der Waals surface area contributed by atoms with E-state index in [1.807, 2.05) is 23.7 Å². The Morgan fingerprint density at radius 1 is 1.30 bits per heavy atom. The molecular weight excluding hydrogens is 388 g/mol. The first-order valence-electron chi connectivity index (χ1n) is 9.83. The van der Waals surface area contributed by atoms with Crippen LogP contribution in [-0.2, 0) is 22.5 Å². The van der Waals surface area contributed by atoms with Gasteiger partial charge in [-0.2, -0.15) is 5.10 Å². The quantitative estimate of drug-likeness (QED) is 0.480. The molecule has 10 heteroatoms. The van der Waals surface area contributed by atoms with Gasteiger partial charge >= 0.3 is 5.97 Å². The first kappa shape index (κ1) is 18.3. The van der Waals surface area contributed by atoms with Crippen LogP contribution in [0.2, 0.25) is 0 Å². The molecule has 1 atom stereocenters. The number of hydrogen-bond acceptors (Lipinski definition) is 9. The summed E-state index contributed by atoms with van der Waals surface area (Å²) in [5.41, 5.74) is 2.18. The smallest absolute Gasteiger partial charge is 0.307 e. The summed E-state index contributed by atoms with van der Waals surface area (Å²) < 4.78 is 18.1. The van der Waals surface area contributed by atoms with Gasteiger partial charge in [0.15, 0.2) is 5.65 Å². The van der Waals surface area contributed by atoms with Crippen molar-refractivity contribution in [3.8, 4) is 11.5 Å². The van der Waals surface area contributed by atoms with E-state index in [2.05, 4.69) is 25.6 Å². The van der Waals surface area contributed by atoms with Crippen molar-refractivity contribution in [3.05, 3.63) is 42.4 Å². The fourth-order valence-electron chi connectivity index (χ4n) is 3.58. The lowest BCUT2D eigenvalue weighted by Gasteiger charge is -2.24. The Bertz CT molecular complexity index is 1180. The number of aryl methyl sites for hydroxylation is 1. The number of aromatic nitrogens is 5. The van der Waals surface area contributed by atoms with Gasteiger partial charge in [-0.1, -0.05) is 0 Å². The number of nitrogens with zero attached hydrogens (tertiary/aromatic N) is 5. The van der Waals surface area contributed by atoms with Crippen molar-refractivity contribution in [1.29, 1.82) is 0 Å². The van der Waals surface area contributed by atoms with Crippen molar-refractivity contribution < 1.29 is 18.4 Å². The molecule has 5 heterocycles. The Morgan fingerprint density at radius 2 is 2.23 bits per heavy atom. The Hall–Kier alpha value is -3.69. The van der Waals surface area contributed by atoms with E-state index in [-0.39, 0.29) is 12.0 Å². The minimum atomic E-state index is -0.214. The number of fused-ring (bicyclic) bond motifs is 1. The van der Waals surface area contributed by atoms with Crippen molar-refractivity contribution >= 4 is 22.7 Å². The van der Waals surface area contributed by atoms with E-state index in [1.54, 1.807) is 18.7 Å². The van der Waals surface area contributed by atoms with Gasteiger partial charge in [0.25, 0.3) is 5.89 Å². The van der Waals surface area contributed by atoms with Crippen LogP contribution in [0.25, 0.3) is 22.5 Å². The highest BCUT2D eigenvalue weighted by Gasteiger charge is 2.25. The van der Waals surface area contributed by atoms with Crippen LogP contribution in [0.3, 0.4) is 0 Å². The molecule has 30 heavy (non-hydrogen) atoms. The van der Waals surface area contributed by atoms with Gasteiger partial charge in [0.2, 0.25) is 5.89 Å². The molecule has 0 radical (unpaired) electrons. The molecular formula is C20H20N6O4. The molecule has 1 unspecified atom stereocenters. The molecule has 1 N–H and O–H groups in total. The zero-order chi connectivity index (χ0) is 20.5. The first-order valence-corrected chi connectivity index (χ1v) is 9.83. The highest BCUT2D eigenvalue weighted by atomic mass is 16.5. The van der Waals surface area contributed by atoms with E-state index >= 15 is 0 Å². The van der Waals surface area contributed by atoms with Crippen LogP contribution in [0.15, 0.2) is 39.6 Å². The van der Waals surface area contributed by atoms with Gasteiger partial charge in [-0.25, -0.2) is 9.67 Å². The van der Waals surface area contributed by atoms with Crippen LogP contribution in [0.5, 0.6) is 0 Å². The Morgan fingerprint density at radius 3 is 3.03 bits per heavy atom. The molecule has 1 aliphatic heterocycles. The molecule has 0 saturated carbocycles. The second kappa shape index (κ2) is 7.62. The van der Waals surface area contributed by atoms with Crippen molar-refractivity contribution in [1.82, 2.24) is 25.0 Å². The number of cyclic esters (lactones) is 1. The monoisotopic (exact) mass is 408 g/mol. The summed E-state index contributed by atoms with van der Waals surface area (Å²) in [6.07, 6.45) is 6.47. The van der Waals surface area contributed by atoms with Gasteiger partial charge in [-0.05, 0) is 19.1 Å². The minimum Gasteiger partial charge on any atom is -0.469 e. The first-order chi connectivity index (χ1) is 14.7. The van der Waals surface area contributed by atoms with E-state index in [9.17, 15) is 4.79 Å². The molecule has 1 saturated heterocycles. The van der Waals surface area contributed by atoms with E-state index in [0.29, 0.717) is 49.8 Å². The van der Waals surface area contributed by atoms with Gasteiger partial charge in [0, 0.05) is 25.2 Å². The van der Waals surface area contributed by atoms with Crippen LogP contribution in [-0.4, -0.2) is 43.6 Å². The average Bonchev–Trinajstić information content (AvgIpc) is 3.49. The summed E-state index contributed by atoms with van der Waals surface area (Å²) in [6.45, 7) is 3.09. The molecule has 5 rings (SSSR count). The average molecular weight is 408 g/mol. The number of nitrogens with one attached hydrogen (secondary N) is 1. The standard InChI is InChI=1S/C20H20N6O4/c1-2-26-19-14(11-22-26)18(23-12-5-7-29-17(27)8-12)15(10-21-19)20-25-24-16(30-20)9-13-4-3-6-28-13/h3-4,6,10-12H,2,5,7-9H2,1H3,(H,21,23). The lowest BCUT2D eigenvalue weighted by atomic mass is 10.1. The molecule has 0 aromatic carbocycles. The Balaban J connectivity index is 1.54. The zero-order valence-electron chi connectivity index (χ0n) is 16.4. The minimum absolute atomic E-state index is 0.0638. The number of hydrogen-bond donors (Lipinski definition) is 1. The van der Waals surface area contributed by atoms with E-state index < -0.39 is 0 Å². The Kier molecular flexibility index (Phi) is 4.66. The van der Waals surface area contributed by atoms with E-state index in [0.717, 1.165) is 22.5 Å². The number of rotatable bonds is 6. The van der Waals surface area contributed by atoms with Crippen molar-refractivity contribution in [3.63, 3.8) is 0 Å². The number of ether oxygens (including phenoxy) is 1. The lowest BCUT2D eigenvalue weighted by molar-refractivity contribution is -0.147. The Labute approximate surface area is 171 Å². The fourth-order valence-corrected chi connectivity index (χ4v) is 3.58. The number of esters is 1. The maximum absolute atomic E-state index is 11.7. The zero-order valence-corrected chi connectivity index (χ0v) is 16.4. The summed E-state index contributed by atoms with van der Waals surface area (Å²) in [5.74, 6) is 1.31. The van der Waals surface area contributed by atoms with Gasteiger partial charge < -0.3 is 18.9 Å². The van der Waals surface area contributed by atoms with Gasteiger partial charge in [0.05, 0.1) is 48.5 Å². The van der Waals surface area contributed by atoms with Crippen LogP contribution < -0.4 is 5.32 Å². The summed E-state index contributed by atoms with van der Waals surface area (Å²) in [7, 11) is 0. The molecule has 0 spiro atoms. The second-order valence-electron chi connectivity index (χ2n) is 7.06. The van der Waals surface area contributed by atoms with Crippen LogP contribution in [0, 0.1) is 0 Å². The molecule has 4 aromatic rings. The van der Waals surface area contributed by atoms with Crippen molar-refractivity contribution in [2.45, 2.75) is 38.8 Å². The maximum atomic E-state index is 11.7. The third-order valence-corrected chi connectivity index (χ3v) is 5.06. The normalized spacial score (nSPS) is 16.7. The van der Waals surface area contributed by atoms with Gasteiger partial charge in [0.1, 0.15) is 5.76 Å². The molecule has 0 aliphatic carbocycles. The second-order valence-corrected chi connectivity index (χ2v) is 7.06. The van der Waals surface area contributed by atoms with Crippen molar-refractivity contribution in [2.24, 2.45) is 0 Å². The van der Waals surface area contributed by atoms with Crippen LogP contribution in [0.1, 0.15) is 31.4 Å². The topological polar surface area (TPSA) is 121 Å². The van der Waals surface area contributed by atoms with Gasteiger partial charge in [-0.15, -0.1) is 10.2 Å². The molecule has 1 fully saturated rings. The van der Waals surface area contributed by atoms with Crippen LogP contribution >= 0.6 is 0 Å². The molecule has 10 nitrogen and oxygen atoms in total. The summed E-state index contributed by atoms with van der Waals surface area (Å²) >= 11 is 0. The van der Waals surface area contributed by atoms with Crippen molar-refractivity contribution in [2.75, 3.05) is 11.9 Å². The summed E-state index contributed by atoms with van der Waals surface area (Å²) in [6, 6.07) is 3.60. The number of pyridine rings is 1. The predicted molar refractivity (Wildman–Crippen MR) is 106 cm³/mol. The number of carbonyl (C=O) groups is 1. The SMILES string of the molecule is CCn1ncc2c(NC3CCOC(=O)C3)c(-c3nnc(Cc4ccco4)o3)cnc21. The number of carbonyl (C=O) groups excluding carboxylic acids is 1. The van der Waals surface area contributed by atoms with Crippen LogP contribution in [0.4, 0.5) is 5.69 Å². The third kappa shape index (κ3) is 3.40. The third-order valence-electron chi connectivity index (χ3n) is 5.06. The highest BCUT2D eigenvalue weighted by molar-refractivity contribution is 5.96. The summed E-state index contributed by atoms with van der Waals surface area (Å²) in [4.78, 5) is 16.3. The fraction of sp³-hybridized carbons (Fsp3) is 0.350. The lowest BCUT2D eigenvalue weighted by Crippen LogP contribution is -2.31. The number of anilines is 1. The molecule has 4 aromatic heterocycles. The van der Waals surface area contributed by atoms with E-state index in [4.69, 9.17) is 13.6 Å². The van der Waals surface area contributed by atoms with Gasteiger partial charge in [-0.3, -0.25) is 4.79 Å². The predicted octanol–water partition coefficient (Wildman–Crippen LogP) is 2.80. The molecule has 1 aliphatic rings. The number of furan rings is 1. The summed E-state index contributed by atoms with van der Waals surface area (Å²) in [5, 5.41) is 17.1. The largest absolute Gasteiger partial charge is 0.469 e. The highest BCUT2D eigenvalue weighted by Crippen LogP contribution is 2.34. The van der Waals surface area contributed by atoms with E-state index in [1.165, 1.54) is 0 Å². The maximum Gasteiger partial charge on any atom is 0.307 e. The molecule has 154 valence electrons. The molecule has 0 amide bonds.